The molecule has 2 rings (SSSR count). The Hall–Kier alpha value is -1.45. The van der Waals surface area contributed by atoms with E-state index in [1.54, 1.807) is 0 Å². The smallest absolute Gasteiger partial charge is 0.0750 e. The number of nitrogens with two attached hydrogens (primary N) is 1. The minimum absolute atomic E-state index is 0.170. The summed E-state index contributed by atoms with van der Waals surface area (Å²) in [5.41, 5.74) is 5.02. The number of para-hydroxylation sites is 1. The molecule has 1 atom stereocenters. The summed E-state index contributed by atoms with van der Waals surface area (Å²) in [7, 11) is 0. The molecule has 78 valence electrons. The van der Waals surface area contributed by atoms with Crippen molar-refractivity contribution in [3.05, 3.63) is 42.1 Å². The van der Waals surface area contributed by atoms with Gasteiger partial charge in [0.2, 0.25) is 0 Å². The molecule has 0 saturated heterocycles. The predicted molar refractivity (Wildman–Crippen MR) is 62.1 cm³/mol. The van der Waals surface area contributed by atoms with Gasteiger partial charge in [0, 0.05) is 17.6 Å². The topological polar surface area (TPSA) is 50.9 Å². The fourth-order valence-electron chi connectivity index (χ4n) is 1.84. The van der Waals surface area contributed by atoms with Crippen LogP contribution in [0.2, 0.25) is 0 Å². The van der Waals surface area contributed by atoms with E-state index in [0.717, 1.165) is 22.9 Å². The molecule has 0 amide bonds. The van der Waals surface area contributed by atoms with Crippen LogP contribution in [-0.4, -0.2) is 4.98 Å². The van der Waals surface area contributed by atoms with E-state index in [0.29, 0.717) is 0 Å². The molecule has 1 heterocycles. The van der Waals surface area contributed by atoms with E-state index in [4.69, 9.17) is 5.84 Å². The van der Waals surface area contributed by atoms with Crippen molar-refractivity contribution in [2.45, 2.75) is 19.4 Å². The Morgan fingerprint density at radius 1 is 1.33 bits per heavy atom. The Balaban J connectivity index is 2.59. The lowest BCUT2D eigenvalue weighted by atomic mass is 10.0. The molecule has 0 saturated carbocycles. The molecule has 1 aromatic heterocycles. The number of hydrogen-bond acceptors (Lipinski definition) is 3. The van der Waals surface area contributed by atoms with Gasteiger partial charge in [0.1, 0.15) is 0 Å². The number of hydrogen-bond donors (Lipinski definition) is 2. The van der Waals surface area contributed by atoms with Crippen LogP contribution in [0.25, 0.3) is 10.9 Å². The van der Waals surface area contributed by atoms with Crippen LogP contribution in [0.1, 0.15) is 24.9 Å². The van der Waals surface area contributed by atoms with Crippen molar-refractivity contribution in [2.75, 3.05) is 0 Å². The summed E-state index contributed by atoms with van der Waals surface area (Å²) in [5.74, 6) is 5.53. The first kappa shape index (κ1) is 10.1. The van der Waals surface area contributed by atoms with Gasteiger partial charge in [-0.3, -0.25) is 16.3 Å². The number of nitrogens with zero attached hydrogens (tertiary/aromatic N) is 1. The van der Waals surface area contributed by atoms with Crippen molar-refractivity contribution in [3.8, 4) is 0 Å². The number of aromatic nitrogens is 1. The number of rotatable bonds is 3. The molecular formula is C12H15N3. The zero-order chi connectivity index (χ0) is 10.7. The van der Waals surface area contributed by atoms with E-state index in [9.17, 15) is 0 Å². The highest BCUT2D eigenvalue weighted by Crippen LogP contribution is 2.23. The average molecular weight is 201 g/mol. The van der Waals surface area contributed by atoms with Gasteiger partial charge in [0.15, 0.2) is 0 Å². The molecule has 0 bridgehead atoms. The van der Waals surface area contributed by atoms with Crippen LogP contribution in [0.15, 0.2) is 36.5 Å². The highest BCUT2D eigenvalue weighted by atomic mass is 15.2. The van der Waals surface area contributed by atoms with Crippen molar-refractivity contribution < 1.29 is 0 Å². The van der Waals surface area contributed by atoms with Gasteiger partial charge >= 0.3 is 0 Å². The second-order valence-corrected chi connectivity index (χ2v) is 3.55. The van der Waals surface area contributed by atoms with Gasteiger partial charge in [-0.15, -0.1) is 0 Å². The van der Waals surface area contributed by atoms with E-state index < -0.39 is 0 Å². The third-order valence-corrected chi connectivity index (χ3v) is 2.65. The summed E-state index contributed by atoms with van der Waals surface area (Å²) in [5, 5.41) is 1.16. The summed E-state index contributed by atoms with van der Waals surface area (Å²) in [6.07, 6.45) is 2.77. The lowest BCUT2D eigenvalue weighted by Crippen LogP contribution is -2.27. The fraction of sp³-hybridized carbons (Fsp3) is 0.250. The molecule has 1 aromatic carbocycles. The third kappa shape index (κ3) is 1.84. The van der Waals surface area contributed by atoms with Gasteiger partial charge in [0.05, 0.1) is 5.52 Å². The summed E-state index contributed by atoms with van der Waals surface area (Å²) >= 11 is 0. The molecule has 15 heavy (non-hydrogen) atoms. The van der Waals surface area contributed by atoms with E-state index in [1.807, 2.05) is 18.3 Å². The molecular weight excluding hydrogens is 186 g/mol. The number of nitrogens with one attached hydrogen (secondary N) is 1. The lowest BCUT2D eigenvalue weighted by molar-refractivity contribution is 0.542. The first-order chi connectivity index (χ1) is 7.36. The molecule has 0 radical (unpaired) electrons. The number of pyridine rings is 1. The van der Waals surface area contributed by atoms with Crippen LogP contribution in [-0.2, 0) is 0 Å². The van der Waals surface area contributed by atoms with Crippen LogP contribution < -0.4 is 11.3 Å². The fourth-order valence-corrected chi connectivity index (χ4v) is 1.84. The standard InChI is InChI=1S/C12H15N3/c1-2-11(15-13)10-7-3-5-9-6-4-8-14-12(9)10/h3-8,11,15H,2,13H2,1H3. The zero-order valence-corrected chi connectivity index (χ0v) is 8.77. The number of hydrazine groups is 1. The Morgan fingerprint density at radius 3 is 2.87 bits per heavy atom. The van der Waals surface area contributed by atoms with E-state index in [-0.39, 0.29) is 6.04 Å². The molecule has 3 heteroatoms. The molecule has 0 spiro atoms. The largest absolute Gasteiger partial charge is 0.271 e. The van der Waals surface area contributed by atoms with Crippen molar-refractivity contribution in [3.63, 3.8) is 0 Å². The second kappa shape index (κ2) is 4.38. The Kier molecular flexibility index (Phi) is 2.94. The van der Waals surface area contributed by atoms with Crippen molar-refractivity contribution in [1.82, 2.24) is 10.4 Å². The summed E-state index contributed by atoms with van der Waals surface area (Å²) in [6, 6.07) is 10.4. The summed E-state index contributed by atoms with van der Waals surface area (Å²) < 4.78 is 0. The summed E-state index contributed by atoms with van der Waals surface area (Å²) in [4.78, 5) is 4.40. The number of benzene rings is 1. The maximum absolute atomic E-state index is 5.53. The summed E-state index contributed by atoms with van der Waals surface area (Å²) in [6.45, 7) is 2.10. The molecule has 0 aliphatic carbocycles. The average Bonchev–Trinajstić information content (AvgIpc) is 2.31. The highest BCUT2D eigenvalue weighted by Gasteiger charge is 2.10. The molecule has 3 nitrogen and oxygen atoms in total. The molecule has 2 aromatic rings. The van der Waals surface area contributed by atoms with Crippen LogP contribution in [0, 0.1) is 0 Å². The highest BCUT2D eigenvalue weighted by molar-refractivity contribution is 5.81. The lowest BCUT2D eigenvalue weighted by Gasteiger charge is -2.15. The van der Waals surface area contributed by atoms with Gasteiger partial charge in [-0.25, -0.2) is 0 Å². The Morgan fingerprint density at radius 2 is 2.13 bits per heavy atom. The van der Waals surface area contributed by atoms with Crippen molar-refractivity contribution in [1.29, 1.82) is 0 Å². The van der Waals surface area contributed by atoms with Gasteiger partial charge in [0.25, 0.3) is 0 Å². The van der Waals surface area contributed by atoms with Crippen LogP contribution in [0.3, 0.4) is 0 Å². The normalized spacial score (nSPS) is 12.9. The Labute approximate surface area is 89.3 Å². The van der Waals surface area contributed by atoms with Crippen LogP contribution in [0.5, 0.6) is 0 Å². The quantitative estimate of drug-likeness (QED) is 0.591. The number of fused-ring (bicyclic) bond motifs is 1. The van der Waals surface area contributed by atoms with Crippen LogP contribution >= 0.6 is 0 Å². The molecule has 0 aliphatic rings. The van der Waals surface area contributed by atoms with Gasteiger partial charge < -0.3 is 0 Å². The molecule has 3 N–H and O–H groups in total. The van der Waals surface area contributed by atoms with Crippen molar-refractivity contribution >= 4 is 10.9 Å². The van der Waals surface area contributed by atoms with Crippen LogP contribution in [0.4, 0.5) is 0 Å². The minimum Gasteiger partial charge on any atom is -0.271 e. The van der Waals surface area contributed by atoms with E-state index in [1.165, 1.54) is 0 Å². The maximum Gasteiger partial charge on any atom is 0.0750 e. The van der Waals surface area contributed by atoms with Gasteiger partial charge in [-0.1, -0.05) is 31.2 Å². The minimum atomic E-state index is 0.170. The Bertz CT molecular complexity index is 444. The first-order valence-electron chi connectivity index (χ1n) is 5.16. The monoisotopic (exact) mass is 201 g/mol. The third-order valence-electron chi connectivity index (χ3n) is 2.65. The first-order valence-corrected chi connectivity index (χ1v) is 5.16. The van der Waals surface area contributed by atoms with E-state index in [2.05, 4.69) is 35.5 Å². The van der Waals surface area contributed by atoms with Crippen molar-refractivity contribution in [2.24, 2.45) is 5.84 Å². The molecule has 0 aliphatic heterocycles. The van der Waals surface area contributed by atoms with E-state index >= 15 is 0 Å². The SMILES string of the molecule is CCC(NN)c1cccc2cccnc12. The van der Waals surface area contributed by atoms with Gasteiger partial charge in [-0.05, 0) is 18.1 Å². The molecule has 0 fully saturated rings. The predicted octanol–water partition coefficient (Wildman–Crippen LogP) is 2.15. The maximum atomic E-state index is 5.53. The molecule has 1 unspecified atom stereocenters. The van der Waals surface area contributed by atoms with Gasteiger partial charge in [-0.2, -0.15) is 0 Å². The zero-order valence-electron chi connectivity index (χ0n) is 8.77. The second-order valence-electron chi connectivity index (χ2n) is 3.55.